The minimum absolute atomic E-state index is 0.251. The Labute approximate surface area is 74.6 Å². The molecule has 1 aromatic rings. The van der Waals surface area contributed by atoms with Gasteiger partial charge in [-0.3, -0.25) is 4.68 Å². The fourth-order valence-electron chi connectivity index (χ4n) is 1.37. The summed E-state index contributed by atoms with van der Waals surface area (Å²) in [5, 5.41) is 21.6. The molecule has 13 heavy (non-hydrogen) atoms. The molecular weight excluding hydrogens is 172 g/mol. The highest BCUT2D eigenvalue weighted by atomic mass is 16.4. The van der Waals surface area contributed by atoms with Crippen molar-refractivity contribution in [3.8, 4) is 5.75 Å². The summed E-state index contributed by atoms with van der Waals surface area (Å²) in [7, 11) is 0. The smallest absolute Gasteiger partial charge is 0.360 e. The molecule has 5 heteroatoms. The average Bonchev–Trinajstić information content (AvgIpc) is 2.27. The van der Waals surface area contributed by atoms with E-state index in [4.69, 9.17) is 5.11 Å². The van der Waals surface area contributed by atoms with Gasteiger partial charge < -0.3 is 10.2 Å². The molecule has 0 amide bonds. The van der Waals surface area contributed by atoms with E-state index in [2.05, 4.69) is 5.10 Å². The van der Waals surface area contributed by atoms with E-state index in [1.165, 1.54) is 6.20 Å². The predicted molar refractivity (Wildman–Crippen MR) is 43.7 cm³/mol. The lowest BCUT2D eigenvalue weighted by Crippen LogP contribution is -2.17. The SMILES string of the molecule is O=C(O)c1nn(C2CCC2)cc1O. The van der Waals surface area contributed by atoms with Crippen LogP contribution in [-0.4, -0.2) is 26.0 Å². The van der Waals surface area contributed by atoms with Crippen LogP contribution in [0.3, 0.4) is 0 Å². The van der Waals surface area contributed by atoms with Crippen molar-refractivity contribution in [1.82, 2.24) is 9.78 Å². The third kappa shape index (κ3) is 1.26. The molecule has 0 radical (unpaired) electrons. The average molecular weight is 182 g/mol. The summed E-state index contributed by atoms with van der Waals surface area (Å²) in [5.41, 5.74) is -0.257. The van der Waals surface area contributed by atoms with Crippen LogP contribution in [0, 0.1) is 0 Å². The van der Waals surface area contributed by atoms with Crippen LogP contribution in [0.1, 0.15) is 35.8 Å². The van der Waals surface area contributed by atoms with E-state index in [1.54, 1.807) is 4.68 Å². The Bertz CT molecular complexity index is 341. The predicted octanol–water partition coefficient (Wildman–Crippen LogP) is 1.01. The minimum atomic E-state index is -1.18. The summed E-state index contributed by atoms with van der Waals surface area (Å²) in [4.78, 5) is 10.5. The highest BCUT2D eigenvalue weighted by molar-refractivity contribution is 5.88. The quantitative estimate of drug-likeness (QED) is 0.715. The topological polar surface area (TPSA) is 75.3 Å². The fourth-order valence-corrected chi connectivity index (χ4v) is 1.37. The summed E-state index contributed by atoms with van der Waals surface area (Å²) in [6, 6.07) is 0.277. The maximum Gasteiger partial charge on any atom is 0.360 e. The first-order valence-electron chi connectivity index (χ1n) is 4.20. The molecule has 1 saturated carbocycles. The highest BCUT2D eigenvalue weighted by Gasteiger charge is 2.23. The second kappa shape index (κ2) is 2.76. The van der Waals surface area contributed by atoms with Crippen LogP contribution in [0.15, 0.2) is 6.20 Å². The molecule has 0 aromatic carbocycles. The number of nitrogens with zero attached hydrogens (tertiary/aromatic N) is 2. The van der Waals surface area contributed by atoms with Gasteiger partial charge in [0.05, 0.1) is 12.2 Å². The highest BCUT2D eigenvalue weighted by Crippen LogP contribution is 2.32. The monoisotopic (exact) mass is 182 g/mol. The van der Waals surface area contributed by atoms with Gasteiger partial charge in [-0.2, -0.15) is 5.10 Å². The molecule has 1 heterocycles. The van der Waals surface area contributed by atoms with E-state index >= 15 is 0 Å². The Morgan fingerprint density at radius 2 is 2.31 bits per heavy atom. The Hall–Kier alpha value is -1.52. The Balaban J connectivity index is 2.28. The summed E-state index contributed by atoms with van der Waals surface area (Å²) in [6.45, 7) is 0. The third-order valence-corrected chi connectivity index (χ3v) is 2.36. The largest absolute Gasteiger partial charge is 0.504 e. The van der Waals surface area contributed by atoms with Gasteiger partial charge >= 0.3 is 5.97 Å². The second-order valence-electron chi connectivity index (χ2n) is 3.23. The molecule has 0 aliphatic heterocycles. The summed E-state index contributed by atoms with van der Waals surface area (Å²) in [5.74, 6) is -1.44. The molecule has 1 fully saturated rings. The summed E-state index contributed by atoms with van der Waals surface area (Å²) in [6.07, 6.45) is 4.56. The number of carbonyl (C=O) groups is 1. The number of aromatic nitrogens is 2. The summed E-state index contributed by atoms with van der Waals surface area (Å²) < 4.78 is 1.54. The molecule has 0 atom stereocenters. The van der Waals surface area contributed by atoms with Gasteiger partial charge in [0.1, 0.15) is 0 Å². The molecule has 0 bridgehead atoms. The van der Waals surface area contributed by atoms with Gasteiger partial charge in [-0.25, -0.2) is 4.79 Å². The van der Waals surface area contributed by atoms with Crippen LogP contribution in [0.4, 0.5) is 0 Å². The van der Waals surface area contributed by atoms with E-state index in [0.717, 1.165) is 19.3 Å². The standard InChI is InChI=1S/C8H10N2O3/c11-6-4-10(5-2-1-3-5)9-7(6)8(12)13/h4-5,11H,1-3H2,(H,12,13). The van der Waals surface area contributed by atoms with E-state index < -0.39 is 5.97 Å². The molecular formula is C8H10N2O3. The maximum atomic E-state index is 10.5. The van der Waals surface area contributed by atoms with Crippen molar-refractivity contribution < 1.29 is 15.0 Å². The van der Waals surface area contributed by atoms with Gasteiger partial charge in [0.2, 0.25) is 5.69 Å². The number of carboxylic acids is 1. The zero-order valence-electron chi connectivity index (χ0n) is 6.97. The molecule has 1 aliphatic rings. The molecule has 0 saturated heterocycles. The maximum absolute atomic E-state index is 10.5. The first kappa shape index (κ1) is 8.10. The second-order valence-corrected chi connectivity index (χ2v) is 3.23. The number of rotatable bonds is 2. The van der Waals surface area contributed by atoms with Crippen LogP contribution in [0.25, 0.3) is 0 Å². The summed E-state index contributed by atoms with van der Waals surface area (Å²) >= 11 is 0. The Morgan fingerprint density at radius 1 is 1.62 bits per heavy atom. The third-order valence-electron chi connectivity index (χ3n) is 2.36. The molecule has 1 aliphatic carbocycles. The van der Waals surface area contributed by atoms with Crippen LogP contribution in [0.5, 0.6) is 5.75 Å². The normalized spacial score (nSPS) is 16.9. The van der Waals surface area contributed by atoms with Gasteiger partial charge in [-0.1, -0.05) is 0 Å². The molecule has 2 rings (SSSR count). The van der Waals surface area contributed by atoms with Gasteiger partial charge in [0.15, 0.2) is 5.75 Å². The lowest BCUT2D eigenvalue weighted by molar-refractivity contribution is 0.0685. The molecule has 2 N–H and O–H groups in total. The van der Waals surface area contributed by atoms with Crippen LogP contribution in [0.2, 0.25) is 0 Å². The number of aromatic hydroxyl groups is 1. The van der Waals surface area contributed by atoms with Gasteiger partial charge in [0.25, 0.3) is 0 Å². The zero-order chi connectivity index (χ0) is 9.42. The van der Waals surface area contributed by atoms with Crippen molar-refractivity contribution in [3.05, 3.63) is 11.9 Å². The van der Waals surface area contributed by atoms with Gasteiger partial charge in [-0.05, 0) is 19.3 Å². The van der Waals surface area contributed by atoms with Gasteiger partial charge in [0, 0.05) is 0 Å². The fraction of sp³-hybridized carbons (Fsp3) is 0.500. The van der Waals surface area contributed by atoms with Crippen molar-refractivity contribution in [2.45, 2.75) is 25.3 Å². The van der Waals surface area contributed by atoms with Crippen molar-refractivity contribution in [2.75, 3.05) is 0 Å². The molecule has 0 spiro atoms. The Morgan fingerprint density at radius 3 is 2.69 bits per heavy atom. The van der Waals surface area contributed by atoms with E-state index in [-0.39, 0.29) is 17.5 Å². The van der Waals surface area contributed by atoms with Crippen LogP contribution in [-0.2, 0) is 0 Å². The molecule has 5 nitrogen and oxygen atoms in total. The van der Waals surface area contributed by atoms with Crippen molar-refractivity contribution in [3.63, 3.8) is 0 Å². The zero-order valence-corrected chi connectivity index (χ0v) is 6.97. The number of hydrogen-bond acceptors (Lipinski definition) is 3. The van der Waals surface area contributed by atoms with Crippen molar-refractivity contribution in [1.29, 1.82) is 0 Å². The molecule has 1 aromatic heterocycles. The number of hydrogen-bond donors (Lipinski definition) is 2. The van der Waals surface area contributed by atoms with E-state index in [1.807, 2.05) is 0 Å². The number of carboxylic acid groups (broad SMARTS) is 1. The van der Waals surface area contributed by atoms with E-state index in [9.17, 15) is 9.90 Å². The first-order valence-corrected chi connectivity index (χ1v) is 4.20. The van der Waals surface area contributed by atoms with E-state index in [0.29, 0.717) is 0 Å². The molecule has 70 valence electrons. The lowest BCUT2D eigenvalue weighted by Gasteiger charge is -2.25. The minimum Gasteiger partial charge on any atom is -0.504 e. The molecule has 0 unspecified atom stereocenters. The first-order chi connectivity index (χ1) is 6.18. The van der Waals surface area contributed by atoms with Gasteiger partial charge in [-0.15, -0.1) is 0 Å². The van der Waals surface area contributed by atoms with Crippen LogP contribution < -0.4 is 0 Å². The van der Waals surface area contributed by atoms with Crippen molar-refractivity contribution >= 4 is 5.97 Å². The van der Waals surface area contributed by atoms with Crippen molar-refractivity contribution in [2.24, 2.45) is 0 Å². The number of aromatic carboxylic acids is 1. The Kier molecular flexibility index (Phi) is 1.72. The van der Waals surface area contributed by atoms with Crippen LogP contribution >= 0.6 is 0 Å². The lowest BCUT2D eigenvalue weighted by atomic mass is 9.93.